The molecule has 6 heteroatoms. The van der Waals surface area contributed by atoms with E-state index in [1.54, 1.807) is 7.11 Å². The van der Waals surface area contributed by atoms with Crippen LogP contribution < -0.4 is 4.90 Å². The largest absolute Gasteiger partial charge is 0.478 e. The maximum Gasteiger partial charge on any atom is 0.338 e. The molecule has 1 aromatic rings. The van der Waals surface area contributed by atoms with Crippen molar-refractivity contribution in [2.75, 3.05) is 25.1 Å². The van der Waals surface area contributed by atoms with Gasteiger partial charge in [0.05, 0.1) is 11.7 Å². The number of rotatable bonds is 3. The molecule has 0 saturated carbocycles. The van der Waals surface area contributed by atoms with Crippen LogP contribution in [-0.4, -0.2) is 47.3 Å². The topological polar surface area (TPSA) is 75.5 Å². The molecule has 0 amide bonds. The lowest BCUT2D eigenvalue weighted by Gasteiger charge is -2.15. The van der Waals surface area contributed by atoms with Crippen LogP contribution in [0.2, 0.25) is 0 Å². The van der Waals surface area contributed by atoms with E-state index in [2.05, 4.69) is 9.97 Å². The molecule has 0 bridgehead atoms. The summed E-state index contributed by atoms with van der Waals surface area (Å²) in [6.07, 6.45) is 3.80. The van der Waals surface area contributed by atoms with E-state index in [9.17, 15) is 4.79 Å². The number of methoxy groups -OCH3 is 1. The van der Waals surface area contributed by atoms with Gasteiger partial charge in [0.2, 0.25) is 5.95 Å². The fraction of sp³-hybridized carbons (Fsp3) is 0.500. The average Bonchev–Trinajstić information content (AvgIpc) is 2.77. The van der Waals surface area contributed by atoms with Gasteiger partial charge in [-0.3, -0.25) is 0 Å². The first kappa shape index (κ1) is 10.8. The van der Waals surface area contributed by atoms with Crippen LogP contribution in [0.3, 0.4) is 0 Å². The molecule has 0 unspecified atom stereocenters. The van der Waals surface area contributed by atoms with Crippen molar-refractivity contribution >= 4 is 11.9 Å². The first-order valence-corrected chi connectivity index (χ1v) is 5.04. The zero-order valence-corrected chi connectivity index (χ0v) is 8.96. The maximum atomic E-state index is 10.6. The van der Waals surface area contributed by atoms with E-state index in [1.807, 2.05) is 4.90 Å². The van der Waals surface area contributed by atoms with Crippen LogP contribution in [-0.2, 0) is 4.74 Å². The van der Waals surface area contributed by atoms with Crippen molar-refractivity contribution in [3.05, 3.63) is 18.0 Å². The second kappa shape index (κ2) is 4.44. The molecule has 0 radical (unpaired) electrons. The number of carboxylic acids is 1. The molecule has 1 aromatic heterocycles. The van der Waals surface area contributed by atoms with Gasteiger partial charge < -0.3 is 14.7 Å². The Kier molecular flexibility index (Phi) is 3.00. The Hall–Kier alpha value is -1.69. The Labute approximate surface area is 92.9 Å². The van der Waals surface area contributed by atoms with Crippen LogP contribution in [0.1, 0.15) is 16.8 Å². The third-order valence-electron chi connectivity index (χ3n) is 2.65. The van der Waals surface area contributed by atoms with Gasteiger partial charge in [0.1, 0.15) is 0 Å². The molecule has 0 aliphatic carbocycles. The number of carboxylic acid groups (broad SMARTS) is 1. The summed E-state index contributed by atoms with van der Waals surface area (Å²) in [5.74, 6) is -0.452. The molecule has 1 fully saturated rings. The SMILES string of the molecule is CO[C@H]1CCN(c2ncc(C(=O)O)cn2)C1. The number of aromatic carboxylic acids is 1. The van der Waals surface area contributed by atoms with E-state index in [-0.39, 0.29) is 11.7 Å². The normalized spacial score (nSPS) is 20.1. The van der Waals surface area contributed by atoms with Crippen molar-refractivity contribution < 1.29 is 14.6 Å². The minimum Gasteiger partial charge on any atom is -0.478 e. The quantitative estimate of drug-likeness (QED) is 0.799. The molecule has 0 aromatic carbocycles. The molecule has 1 N–H and O–H groups in total. The lowest BCUT2D eigenvalue weighted by atomic mass is 10.3. The highest BCUT2D eigenvalue weighted by atomic mass is 16.5. The Morgan fingerprint density at radius 2 is 2.25 bits per heavy atom. The lowest BCUT2D eigenvalue weighted by molar-refractivity contribution is 0.0696. The summed E-state index contributed by atoms with van der Waals surface area (Å²) in [4.78, 5) is 20.7. The second-order valence-electron chi connectivity index (χ2n) is 3.67. The summed E-state index contributed by atoms with van der Waals surface area (Å²) in [6.45, 7) is 1.59. The Morgan fingerprint density at radius 3 is 2.75 bits per heavy atom. The highest BCUT2D eigenvalue weighted by Gasteiger charge is 2.23. The van der Waals surface area contributed by atoms with E-state index >= 15 is 0 Å². The number of hydrogen-bond donors (Lipinski definition) is 1. The molecule has 1 saturated heterocycles. The maximum absolute atomic E-state index is 10.6. The number of hydrogen-bond acceptors (Lipinski definition) is 5. The number of aromatic nitrogens is 2. The second-order valence-corrected chi connectivity index (χ2v) is 3.67. The van der Waals surface area contributed by atoms with E-state index in [0.717, 1.165) is 19.5 Å². The summed E-state index contributed by atoms with van der Waals surface area (Å²) >= 11 is 0. The van der Waals surface area contributed by atoms with Crippen molar-refractivity contribution in [1.82, 2.24) is 9.97 Å². The molecule has 1 aliphatic heterocycles. The molecule has 1 aliphatic rings. The first-order chi connectivity index (χ1) is 7.70. The van der Waals surface area contributed by atoms with Gasteiger partial charge in [0.25, 0.3) is 0 Å². The van der Waals surface area contributed by atoms with Crippen molar-refractivity contribution in [3.8, 4) is 0 Å². The smallest absolute Gasteiger partial charge is 0.338 e. The number of carbonyl (C=O) groups is 1. The zero-order chi connectivity index (χ0) is 11.5. The minimum absolute atomic E-state index is 0.103. The van der Waals surface area contributed by atoms with Crippen molar-refractivity contribution in [3.63, 3.8) is 0 Å². The van der Waals surface area contributed by atoms with Gasteiger partial charge in [0, 0.05) is 32.6 Å². The van der Waals surface area contributed by atoms with Gasteiger partial charge in [-0.25, -0.2) is 14.8 Å². The summed E-state index contributed by atoms with van der Waals surface area (Å²) in [7, 11) is 1.68. The van der Waals surface area contributed by atoms with Gasteiger partial charge in [-0.05, 0) is 6.42 Å². The monoisotopic (exact) mass is 223 g/mol. The molecule has 2 rings (SSSR count). The number of ether oxygens (including phenoxy) is 1. The van der Waals surface area contributed by atoms with Crippen molar-refractivity contribution in [2.24, 2.45) is 0 Å². The fourth-order valence-corrected chi connectivity index (χ4v) is 1.70. The molecular weight excluding hydrogens is 210 g/mol. The standard InChI is InChI=1S/C10H13N3O3/c1-16-8-2-3-13(6-8)10-11-4-7(5-12-10)9(14)15/h4-5,8H,2-3,6H2,1H3,(H,14,15)/t8-/m0/s1. The summed E-state index contributed by atoms with van der Waals surface area (Å²) < 4.78 is 5.23. The third-order valence-corrected chi connectivity index (χ3v) is 2.65. The van der Waals surface area contributed by atoms with E-state index in [1.165, 1.54) is 12.4 Å². The Morgan fingerprint density at radius 1 is 1.56 bits per heavy atom. The van der Waals surface area contributed by atoms with Crippen LogP contribution in [0, 0.1) is 0 Å². The predicted molar refractivity (Wildman–Crippen MR) is 56.6 cm³/mol. The van der Waals surface area contributed by atoms with Gasteiger partial charge in [-0.1, -0.05) is 0 Å². The van der Waals surface area contributed by atoms with Crippen molar-refractivity contribution in [2.45, 2.75) is 12.5 Å². The molecule has 16 heavy (non-hydrogen) atoms. The first-order valence-electron chi connectivity index (χ1n) is 5.04. The summed E-state index contributed by atoms with van der Waals surface area (Å²) in [6, 6.07) is 0. The van der Waals surface area contributed by atoms with Gasteiger partial charge >= 0.3 is 5.97 Å². The highest BCUT2D eigenvalue weighted by Crippen LogP contribution is 2.17. The molecule has 6 nitrogen and oxygen atoms in total. The Bertz CT molecular complexity index is 379. The van der Waals surface area contributed by atoms with Crippen LogP contribution in [0.25, 0.3) is 0 Å². The molecule has 2 heterocycles. The van der Waals surface area contributed by atoms with Gasteiger partial charge in [-0.15, -0.1) is 0 Å². The van der Waals surface area contributed by atoms with E-state index in [0.29, 0.717) is 5.95 Å². The number of anilines is 1. The Balaban J connectivity index is 2.08. The van der Waals surface area contributed by atoms with E-state index in [4.69, 9.17) is 9.84 Å². The van der Waals surface area contributed by atoms with E-state index < -0.39 is 5.97 Å². The number of nitrogens with zero attached hydrogens (tertiary/aromatic N) is 3. The molecule has 86 valence electrons. The molecule has 1 atom stereocenters. The summed E-state index contributed by atoms with van der Waals surface area (Å²) in [5.41, 5.74) is 0.103. The predicted octanol–water partition coefficient (Wildman–Crippen LogP) is 0.400. The van der Waals surface area contributed by atoms with Crippen LogP contribution in [0.15, 0.2) is 12.4 Å². The van der Waals surface area contributed by atoms with Crippen LogP contribution >= 0.6 is 0 Å². The van der Waals surface area contributed by atoms with Crippen LogP contribution in [0.4, 0.5) is 5.95 Å². The highest BCUT2D eigenvalue weighted by molar-refractivity contribution is 5.86. The zero-order valence-electron chi connectivity index (χ0n) is 8.96. The molecular formula is C10H13N3O3. The van der Waals surface area contributed by atoms with Gasteiger partial charge in [0.15, 0.2) is 0 Å². The average molecular weight is 223 g/mol. The summed E-state index contributed by atoms with van der Waals surface area (Å²) in [5, 5.41) is 8.71. The van der Waals surface area contributed by atoms with Crippen LogP contribution in [0.5, 0.6) is 0 Å². The lowest BCUT2D eigenvalue weighted by Crippen LogP contribution is -2.24. The molecule has 0 spiro atoms. The van der Waals surface area contributed by atoms with Gasteiger partial charge in [-0.2, -0.15) is 0 Å². The fourth-order valence-electron chi connectivity index (χ4n) is 1.70. The third kappa shape index (κ3) is 2.11. The van der Waals surface area contributed by atoms with Crippen molar-refractivity contribution in [1.29, 1.82) is 0 Å². The minimum atomic E-state index is -1.01.